The van der Waals surface area contributed by atoms with Crippen molar-refractivity contribution < 1.29 is 47.7 Å². The van der Waals surface area contributed by atoms with Gasteiger partial charge in [-0.1, -0.05) is 150 Å². The van der Waals surface area contributed by atoms with Crippen LogP contribution in [0.15, 0.2) is 0 Å². The predicted octanol–water partition coefficient (Wildman–Crippen LogP) is 12.7. The van der Waals surface area contributed by atoms with E-state index in [9.17, 15) is 24.0 Å². The maximum Gasteiger partial charge on any atom is 0.306 e. The molecule has 0 spiro atoms. The van der Waals surface area contributed by atoms with Crippen molar-refractivity contribution in [2.45, 2.75) is 234 Å². The molecule has 0 bridgehead atoms. The van der Waals surface area contributed by atoms with Crippen molar-refractivity contribution in [3.05, 3.63) is 0 Å². The van der Waals surface area contributed by atoms with E-state index in [0.29, 0.717) is 32.4 Å². The van der Waals surface area contributed by atoms with Crippen molar-refractivity contribution >= 4 is 29.8 Å². The number of unbranched alkanes of at least 4 members (excludes halogenated alkanes) is 15. The van der Waals surface area contributed by atoms with Crippen molar-refractivity contribution in [3.63, 3.8) is 0 Å². The normalized spacial score (nSPS) is 11.7. The van der Waals surface area contributed by atoms with Crippen LogP contribution in [0.4, 0.5) is 0 Å². The standard InChI is InChI=1S/C52H97NO10/c1-8-13-18-28-38-59-47(54)34-26-20-19-21-27-35-48(55)60-41-52(42-61-49(56)36-29-37-53(6)7,43-62-50(57)39-45(30-22-14-9-2)31-23-15-10-3)44-63-51(58)40-46(32-24-16-11-4)33-25-17-12-5/h45-46H,8-44H2,1-7H3. The Morgan fingerprint density at radius 3 is 1.08 bits per heavy atom. The highest BCUT2D eigenvalue weighted by molar-refractivity contribution is 5.71. The summed E-state index contributed by atoms with van der Waals surface area (Å²) < 4.78 is 29.1. The lowest BCUT2D eigenvalue weighted by Gasteiger charge is -2.32. The molecule has 0 aromatic rings. The molecular weight excluding hydrogens is 799 g/mol. The quantitative estimate of drug-likeness (QED) is 0.0328. The second-order valence-corrected chi connectivity index (χ2v) is 18.7. The molecule has 0 saturated heterocycles. The fourth-order valence-electron chi connectivity index (χ4n) is 7.74. The van der Waals surface area contributed by atoms with Crippen LogP contribution in [-0.4, -0.2) is 88.4 Å². The molecule has 0 radical (unpaired) electrons. The van der Waals surface area contributed by atoms with Gasteiger partial charge in [-0.3, -0.25) is 24.0 Å². The van der Waals surface area contributed by atoms with E-state index in [1.54, 1.807) is 0 Å². The van der Waals surface area contributed by atoms with Gasteiger partial charge in [-0.25, -0.2) is 0 Å². The first-order valence-electron chi connectivity index (χ1n) is 25.9. The molecule has 0 unspecified atom stereocenters. The number of carbonyl (C=O) groups excluding carboxylic acids is 5. The van der Waals surface area contributed by atoms with Gasteiger partial charge in [-0.15, -0.1) is 0 Å². The van der Waals surface area contributed by atoms with Crippen LogP contribution in [0.3, 0.4) is 0 Å². The zero-order valence-electron chi connectivity index (χ0n) is 41.8. The Morgan fingerprint density at radius 1 is 0.381 bits per heavy atom. The van der Waals surface area contributed by atoms with E-state index in [2.05, 4.69) is 34.6 Å². The molecule has 63 heavy (non-hydrogen) atoms. The molecule has 0 heterocycles. The van der Waals surface area contributed by atoms with Crippen LogP contribution in [0.5, 0.6) is 0 Å². The molecule has 0 saturated carbocycles. The zero-order chi connectivity index (χ0) is 46.8. The number of carbonyl (C=O) groups is 5. The molecule has 11 heteroatoms. The maximum atomic E-state index is 13.6. The van der Waals surface area contributed by atoms with Crippen LogP contribution in [-0.2, 0) is 47.7 Å². The van der Waals surface area contributed by atoms with Gasteiger partial charge >= 0.3 is 29.8 Å². The second kappa shape index (κ2) is 42.0. The summed E-state index contributed by atoms with van der Waals surface area (Å²) >= 11 is 0. The molecule has 0 amide bonds. The average Bonchev–Trinajstić information content (AvgIpc) is 3.25. The lowest BCUT2D eigenvalue weighted by molar-refractivity contribution is -0.171. The van der Waals surface area contributed by atoms with E-state index in [1.807, 2.05) is 19.0 Å². The van der Waals surface area contributed by atoms with Crippen molar-refractivity contribution in [1.82, 2.24) is 4.90 Å². The third-order valence-corrected chi connectivity index (χ3v) is 11.9. The third kappa shape index (κ3) is 37.3. The van der Waals surface area contributed by atoms with Gasteiger partial charge in [0.2, 0.25) is 0 Å². The Labute approximate surface area is 385 Å². The maximum absolute atomic E-state index is 13.6. The summed E-state index contributed by atoms with van der Waals surface area (Å²) in [5, 5.41) is 0. The zero-order valence-corrected chi connectivity index (χ0v) is 41.8. The van der Waals surface area contributed by atoms with E-state index in [4.69, 9.17) is 23.7 Å². The fraction of sp³-hybridized carbons (Fsp3) is 0.904. The summed E-state index contributed by atoms with van der Waals surface area (Å²) in [5.41, 5.74) is -1.28. The van der Waals surface area contributed by atoms with E-state index in [0.717, 1.165) is 154 Å². The van der Waals surface area contributed by atoms with Crippen molar-refractivity contribution in [1.29, 1.82) is 0 Å². The summed E-state index contributed by atoms with van der Waals surface area (Å²) in [6.45, 7) is 11.2. The molecule has 11 nitrogen and oxygen atoms in total. The second-order valence-electron chi connectivity index (χ2n) is 18.7. The Hall–Kier alpha value is -2.69. The van der Waals surface area contributed by atoms with Crippen LogP contribution in [0.1, 0.15) is 234 Å². The molecule has 0 aromatic carbocycles. The number of ether oxygens (including phenoxy) is 5. The topological polar surface area (TPSA) is 135 Å². The molecule has 0 atom stereocenters. The number of rotatable bonds is 45. The number of hydrogen-bond acceptors (Lipinski definition) is 11. The minimum atomic E-state index is -1.28. The molecule has 0 aromatic heterocycles. The molecule has 0 N–H and O–H groups in total. The Kier molecular flexibility index (Phi) is 40.2. The highest BCUT2D eigenvalue weighted by Gasteiger charge is 2.38. The molecule has 0 fully saturated rings. The minimum Gasteiger partial charge on any atom is -0.466 e. The Balaban J connectivity index is 5.95. The summed E-state index contributed by atoms with van der Waals surface area (Å²) in [7, 11) is 3.89. The van der Waals surface area contributed by atoms with Gasteiger partial charge in [-0.05, 0) is 83.8 Å². The monoisotopic (exact) mass is 896 g/mol. The lowest BCUT2D eigenvalue weighted by atomic mass is 9.90. The van der Waals surface area contributed by atoms with Crippen LogP contribution < -0.4 is 0 Å². The van der Waals surface area contributed by atoms with Crippen molar-refractivity contribution in [3.8, 4) is 0 Å². The highest BCUT2D eigenvalue weighted by atomic mass is 16.6. The number of nitrogens with zero attached hydrogens (tertiary/aromatic N) is 1. The molecule has 0 rings (SSSR count). The van der Waals surface area contributed by atoms with E-state index in [1.165, 1.54) is 0 Å². The minimum absolute atomic E-state index is 0.147. The van der Waals surface area contributed by atoms with Gasteiger partial charge in [0.05, 0.1) is 6.61 Å². The first kappa shape index (κ1) is 60.3. The summed E-state index contributed by atoms with van der Waals surface area (Å²) in [6.07, 6.45) is 27.2. The molecule has 370 valence electrons. The van der Waals surface area contributed by atoms with Crippen molar-refractivity contribution in [2.24, 2.45) is 17.3 Å². The van der Waals surface area contributed by atoms with Gasteiger partial charge in [0, 0.05) is 32.1 Å². The first-order chi connectivity index (χ1) is 30.4. The van der Waals surface area contributed by atoms with Gasteiger partial charge in [0.1, 0.15) is 31.8 Å². The van der Waals surface area contributed by atoms with E-state index < -0.39 is 17.4 Å². The highest BCUT2D eigenvalue weighted by Crippen LogP contribution is 2.27. The average molecular weight is 896 g/mol. The van der Waals surface area contributed by atoms with Crippen LogP contribution in [0.25, 0.3) is 0 Å². The number of esters is 5. The van der Waals surface area contributed by atoms with Gasteiger partial charge in [-0.2, -0.15) is 0 Å². The van der Waals surface area contributed by atoms with Crippen LogP contribution >= 0.6 is 0 Å². The summed E-state index contributed by atoms with van der Waals surface area (Å²) in [5.74, 6) is -1.25. The Morgan fingerprint density at radius 2 is 0.698 bits per heavy atom. The summed E-state index contributed by atoms with van der Waals surface area (Å²) in [4.78, 5) is 67.5. The predicted molar refractivity (Wildman–Crippen MR) is 254 cm³/mol. The molecule has 0 aliphatic carbocycles. The summed E-state index contributed by atoms with van der Waals surface area (Å²) in [6, 6.07) is 0. The van der Waals surface area contributed by atoms with Crippen LogP contribution in [0.2, 0.25) is 0 Å². The molecular formula is C52H97NO10. The third-order valence-electron chi connectivity index (χ3n) is 11.9. The first-order valence-corrected chi connectivity index (χ1v) is 25.9. The fourth-order valence-corrected chi connectivity index (χ4v) is 7.74. The van der Waals surface area contributed by atoms with Gasteiger partial charge in [0.15, 0.2) is 0 Å². The SMILES string of the molecule is CCCCCCOC(=O)CCCCCCCC(=O)OCC(COC(=O)CCCN(C)C)(COC(=O)CC(CCCCC)CCCCC)COC(=O)CC(CCCCC)CCCCC. The smallest absolute Gasteiger partial charge is 0.306 e. The van der Waals surface area contributed by atoms with Gasteiger partial charge < -0.3 is 28.6 Å². The van der Waals surface area contributed by atoms with E-state index >= 15 is 0 Å². The van der Waals surface area contributed by atoms with Crippen LogP contribution in [0, 0.1) is 17.3 Å². The largest absolute Gasteiger partial charge is 0.466 e. The van der Waals surface area contributed by atoms with Crippen molar-refractivity contribution in [2.75, 3.05) is 53.7 Å². The van der Waals surface area contributed by atoms with Gasteiger partial charge in [0.25, 0.3) is 0 Å². The molecule has 0 aliphatic rings. The van der Waals surface area contributed by atoms with E-state index in [-0.39, 0.29) is 81.9 Å². The Bertz CT molecular complexity index is 1080. The number of hydrogen-bond donors (Lipinski definition) is 0. The lowest BCUT2D eigenvalue weighted by Crippen LogP contribution is -2.44. The molecule has 0 aliphatic heterocycles.